The molecule has 0 spiro atoms. The van der Waals surface area contributed by atoms with Crippen LogP contribution in [0, 0.1) is 0 Å². The summed E-state index contributed by atoms with van der Waals surface area (Å²) < 4.78 is 16.1. The van der Waals surface area contributed by atoms with Gasteiger partial charge in [-0.05, 0) is 43.5 Å². The van der Waals surface area contributed by atoms with Crippen molar-refractivity contribution in [2.75, 3.05) is 27.9 Å². The SMILES string of the molecule is COCc1cc(CC2CCCN2)cc(OC)c1OC. The van der Waals surface area contributed by atoms with E-state index in [1.54, 1.807) is 21.3 Å². The highest BCUT2D eigenvalue weighted by atomic mass is 16.5. The molecule has 1 aromatic carbocycles. The van der Waals surface area contributed by atoms with Gasteiger partial charge in [-0.25, -0.2) is 0 Å². The second-order valence-corrected chi connectivity index (χ2v) is 4.92. The summed E-state index contributed by atoms with van der Waals surface area (Å²) in [5.74, 6) is 1.55. The van der Waals surface area contributed by atoms with Crippen molar-refractivity contribution in [3.05, 3.63) is 23.3 Å². The summed E-state index contributed by atoms with van der Waals surface area (Å²) in [6.07, 6.45) is 3.54. The zero-order valence-electron chi connectivity index (χ0n) is 12.0. The molecule has 1 fully saturated rings. The van der Waals surface area contributed by atoms with Crippen molar-refractivity contribution in [2.45, 2.75) is 31.9 Å². The van der Waals surface area contributed by atoms with Gasteiger partial charge in [0.25, 0.3) is 0 Å². The van der Waals surface area contributed by atoms with Gasteiger partial charge in [-0.3, -0.25) is 0 Å². The molecule has 106 valence electrons. The molecule has 0 amide bonds. The van der Waals surface area contributed by atoms with E-state index in [9.17, 15) is 0 Å². The molecule has 0 radical (unpaired) electrons. The summed E-state index contributed by atoms with van der Waals surface area (Å²) in [4.78, 5) is 0. The van der Waals surface area contributed by atoms with E-state index in [-0.39, 0.29) is 0 Å². The summed E-state index contributed by atoms with van der Waals surface area (Å²) in [6.45, 7) is 1.66. The van der Waals surface area contributed by atoms with Crippen LogP contribution in [0.4, 0.5) is 0 Å². The number of methoxy groups -OCH3 is 3. The highest BCUT2D eigenvalue weighted by Gasteiger charge is 2.17. The van der Waals surface area contributed by atoms with Crippen LogP contribution in [0.3, 0.4) is 0 Å². The van der Waals surface area contributed by atoms with Gasteiger partial charge >= 0.3 is 0 Å². The number of benzene rings is 1. The van der Waals surface area contributed by atoms with Crippen LogP contribution in [-0.4, -0.2) is 33.9 Å². The first kappa shape index (κ1) is 14.2. The van der Waals surface area contributed by atoms with E-state index in [0.29, 0.717) is 12.6 Å². The van der Waals surface area contributed by atoms with Gasteiger partial charge in [0.15, 0.2) is 11.5 Å². The second kappa shape index (κ2) is 6.78. The molecule has 1 aliphatic rings. The molecule has 1 saturated heterocycles. The predicted octanol–water partition coefficient (Wildman–Crippen LogP) is 2.14. The smallest absolute Gasteiger partial charge is 0.166 e. The third-order valence-electron chi connectivity index (χ3n) is 3.56. The Balaban J connectivity index is 2.24. The molecule has 4 heteroatoms. The van der Waals surface area contributed by atoms with Crippen molar-refractivity contribution >= 4 is 0 Å². The zero-order valence-corrected chi connectivity index (χ0v) is 12.0. The van der Waals surface area contributed by atoms with Crippen molar-refractivity contribution in [1.29, 1.82) is 0 Å². The molecule has 1 unspecified atom stereocenters. The maximum atomic E-state index is 5.43. The van der Waals surface area contributed by atoms with Crippen LogP contribution in [0.5, 0.6) is 11.5 Å². The lowest BCUT2D eigenvalue weighted by Crippen LogP contribution is -2.23. The molecule has 2 rings (SSSR count). The summed E-state index contributed by atoms with van der Waals surface area (Å²) in [7, 11) is 5.03. The van der Waals surface area contributed by atoms with E-state index >= 15 is 0 Å². The molecule has 0 bridgehead atoms. The molecule has 1 atom stereocenters. The Kier molecular flexibility index (Phi) is 5.05. The van der Waals surface area contributed by atoms with Crippen molar-refractivity contribution in [3.63, 3.8) is 0 Å². The van der Waals surface area contributed by atoms with E-state index in [2.05, 4.69) is 17.4 Å². The molecule has 4 nitrogen and oxygen atoms in total. The van der Waals surface area contributed by atoms with Crippen LogP contribution in [0.15, 0.2) is 12.1 Å². The van der Waals surface area contributed by atoms with E-state index in [1.165, 1.54) is 18.4 Å². The third kappa shape index (κ3) is 3.39. The molecule has 0 saturated carbocycles. The second-order valence-electron chi connectivity index (χ2n) is 4.92. The number of nitrogens with one attached hydrogen (secondary N) is 1. The molecule has 1 heterocycles. The number of hydrogen-bond donors (Lipinski definition) is 1. The molecular formula is C15H23NO3. The van der Waals surface area contributed by atoms with Crippen LogP contribution in [-0.2, 0) is 17.8 Å². The molecule has 1 aromatic rings. The fourth-order valence-corrected chi connectivity index (χ4v) is 2.70. The minimum absolute atomic E-state index is 0.533. The van der Waals surface area contributed by atoms with Gasteiger partial charge in [-0.1, -0.05) is 0 Å². The van der Waals surface area contributed by atoms with Crippen LogP contribution < -0.4 is 14.8 Å². The maximum Gasteiger partial charge on any atom is 0.166 e. The number of rotatable bonds is 6. The average molecular weight is 265 g/mol. The van der Waals surface area contributed by atoms with Crippen LogP contribution in [0.1, 0.15) is 24.0 Å². The van der Waals surface area contributed by atoms with Crippen LogP contribution in [0.25, 0.3) is 0 Å². The van der Waals surface area contributed by atoms with Gasteiger partial charge in [-0.15, -0.1) is 0 Å². The monoisotopic (exact) mass is 265 g/mol. The van der Waals surface area contributed by atoms with Gasteiger partial charge in [-0.2, -0.15) is 0 Å². The van der Waals surface area contributed by atoms with Gasteiger partial charge in [0.1, 0.15) is 0 Å². The van der Waals surface area contributed by atoms with Crippen molar-refractivity contribution in [1.82, 2.24) is 5.32 Å². The minimum atomic E-state index is 0.533. The Labute approximate surface area is 115 Å². The lowest BCUT2D eigenvalue weighted by molar-refractivity contribution is 0.180. The topological polar surface area (TPSA) is 39.7 Å². The summed E-state index contributed by atoms with van der Waals surface area (Å²) >= 11 is 0. The summed E-state index contributed by atoms with van der Waals surface area (Å²) in [5.41, 5.74) is 2.31. The lowest BCUT2D eigenvalue weighted by Gasteiger charge is -2.16. The van der Waals surface area contributed by atoms with Crippen molar-refractivity contribution in [2.24, 2.45) is 0 Å². The minimum Gasteiger partial charge on any atom is -0.493 e. The quantitative estimate of drug-likeness (QED) is 0.855. The molecule has 0 aliphatic carbocycles. The average Bonchev–Trinajstić information content (AvgIpc) is 2.91. The Morgan fingerprint density at radius 2 is 2.05 bits per heavy atom. The predicted molar refractivity (Wildman–Crippen MR) is 75.0 cm³/mol. The van der Waals surface area contributed by atoms with Crippen LogP contribution >= 0.6 is 0 Å². The number of hydrogen-bond acceptors (Lipinski definition) is 4. The van der Waals surface area contributed by atoms with E-state index < -0.39 is 0 Å². The van der Waals surface area contributed by atoms with E-state index in [1.807, 2.05) is 0 Å². The first-order chi connectivity index (χ1) is 9.28. The van der Waals surface area contributed by atoms with Crippen molar-refractivity contribution < 1.29 is 14.2 Å². The van der Waals surface area contributed by atoms with Crippen molar-refractivity contribution in [3.8, 4) is 11.5 Å². The largest absolute Gasteiger partial charge is 0.493 e. The molecule has 1 aliphatic heterocycles. The highest BCUT2D eigenvalue weighted by Crippen LogP contribution is 2.33. The van der Waals surface area contributed by atoms with E-state index in [0.717, 1.165) is 30.0 Å². The fraction of sp³-hybridized carbons (Fsp3) is 0.600. The fourth-order valence-electron chi connectivity index (χ4n) is 2.70. The zero-order chi connectivity index (χ0) is 13.7. The first-order valence-corrected chi connectivity index (χ1v) is 6.74. The summed E-state index contributed by atoms with van der Waals surface area (Å²) in [6, 6.07) is 4.80. The highest BCUT2D eigenvalue weighted by molar-refractivity contribution is 5.49. The number of ether oxygens (including phenoxy) is 3. The van der Waals surface area contributed by atoms with E-state index in [4.69, 9.17) is 14.2 Å². The Hall–Kier alpha value is -1.26. The van der Waals surface area contributed by atoms with Gasteiger partial charge in [0, 0.05) is 18.7 Å². The standard InChI is InChI=1S/C15H23NO3/c1-17-10-12-7-11(8-13-5-4-6-16-13)9-14(18-2)15(12)19-3/h7,9,13,16H,4-6,8,10H2,1-3H3. The Bertz CT molecular complexity index is 414. The maximum absolute atomic E-state index is 5.43. The molecule has 19 heavy (non-hydrogen) atoms. The van der Waals surface area contributed by atoms with Gasteiger partial charge < -0.3 is 19.5 Å². The normalized spacial score (nSPS) is 18.6. The molecule has 1 N–H and O–H groups in total. The Morgan fingerprint density at radius 3 is 2.63 bits per heavy atom. The molecule has 0 aromatic heterocycles. The summed E-state index contributed by atoms with van der Waals surface area (Å²) in [5, 5.41) is 3.52. The molecular weight excluding hydrogens is 242 g/mol. The van der Waals surface area contributed by atoms with Gasteiger partial charge in [0.05, 0.1) is 20.8 Å². The Morgan fingerprint density at radius 1 is 1.21 bits per heavy atom. The van der Waals surface area contributed by atoms with Crippen LogP contribution in [0.2, 0.25) is 0 Å². The first-order valence-electron chi connectivity index (χ1n) is 6.74. The van der Waals surface area contributed by atoms with Gasteiger partial charge in [0.2, 0.25) is 0 Å². The third-order valence-corrected chi connectivity index (χ3v) is 3.56. The lowest BCUT2D eigenvalue weighted by atomic mass is 10.0.